The lowest BCUT2D eigenvalue weighted by Gasteiger charge is -2.37. The zero-order chi connectivity index (χ0) is 40.0. The molecule has 0 fully saturated rings. The van der Waals surface area contributed by atoms with Gasteiger partial charge in [0.25, 0.3) is 0 Å². The molecule has 2 heterocycles. The highest BCUT2D eigenvalue weighted by atomic mass is 15.1. The maximum absolute atomic E-state index is 2.62. The highest BCUT2D eigenvalue weighted by molar-refractivity contribution is 6.15. The van der Waals surface area contributed by atoms with Gasteiger partial charge in [0, 0.05) is 49.8 Å². The number of fused-ring (bicyclic) bond motifs is 10. The summed E-state index contributed by atoms with van der Waals surface area (Å²) in [5.74, 6) is 0. The van der Waals surface area contributed by atoms with Gasteiger partial charge in [-0.3, -0.25) is 0 Å². The van der Waals surface area contributed by atoms with Gasteiger partial charge in [-0.2, -0.15) is 0 Å². The maximum atomic E-state index is 2.62. The van der Waals surface area contributed by atoms with Crippen molar-refractivity contribution in [3.8, 4) is 33.4 Å². The molecule has 0 saturated carbocycles. The first-order valence-electron chi connectivity index (χ1n) is 21.4. The minimum atomic E-state index is -0.127. The van der Waals surface area contributed by atoms with E-state index in [1.54, 1.807) is 0 Å². The summed E-state index contributed by atoms with van der Waals surface area (Å²) in [4.78, 5) is 2.52. The van der Waals surface area contributed by atoms with Crippen LogP contribution >= 0.6 is 0 Å². The fraction of sp³-hybridized carbons (Fsp3) is 0.193. The van der Waals surface area contributed by atoms with Crippen LogP contribution in [0.1, 0.15) is 82.2 Å². The van der Waals surface area contributed by atoms with Crippen molar-refractivity contribution in [2.75, 3.05) is 4.90 Å². The molecule has 3 aliphatic carbocycles. The third-order valence-corrected chi connectivity index (χ3v) is 14.6. The number of anilines is 3. The summed E-state index contributed by atoms with van der Waals surface area (Å²) in [7, 11) is 0. The van der Waals surface area contributed by atoms with E-state index in [0.29, 0.717) is 0 Å². The van der Waals surface area contributed by atoms with Gasteiger partial charge in [0.05, 0.1) is 11.0 Å². The molecule has 1 aliphatic heterocycles. The fourth-order valence-corrected chi connectivity index (χ4v) is 11.6. The van der Waals surface area contributed by atoms with Crippen LogP contribution in [0.4, 0.5) is 17.1 Å². The first-order chi connectivity index (χ1) is 28.5. The monoisotopic (exact) mass is 760 g/mol. The Morgan fingerprint density at radius 3 is 1.85 bits per heavy atom. The second-order valence-corrected chi connectivity index (χ2v) is 18.9. The molecule has 0 bridgehead atoms. The number of hydrogen-bond donors (Lipinski definition) is 0. The Labute approximate surface area is 347 Å². The van der Waals surface area contributed by atoms with Crippen molar-refractivity contribution in [2.24, 2.45) is 0 Å². The Balaban J connectivity index is 1.13. The quantitative estimate of drug-likeness (QED) is 0.173. The van der Waals surface area contributed by atoms with Crippen molar-refractivity contribution >= 4 is 44.6 Å². The van der Waals surface area contributed by atoms with E-state index in [1.165, 1.54) is 111 Å². The summed E-state index contributed by atoms with van der Waals surface area (Å²) in [5, 5.41) is 2.62. The normalized spacial score (nSPS) is 17.1. The molecule has 0 amide bonds. The Morgan fingerprint density at radius 1 is 0.458 bits per heavy atom. The van der Waals surface area contributed by atoms with Crippen LogP contribution in [0, 0.1) is 0 Å². The molecular formula is C57H48N2. The zero-order valence-corrected chi connectivity index (χ0v) is 34.8. The molecule has 2 nitrogen and oxygen atoms in total. The van der Waals surface area contributed by atoms with Gasteiger partial charge in [0.2, 0.25) is 0 Å². The predicted octanol–water partition coefficient (Wildman–Crippen LogP) is 15.4. The van der Waals surface area contributed by atoms with Crippen molar-refractivity contribution in [3.63, 3.8) is 0 Å². The van der Waals surface area contributed by atoms with Crippen molar-refractivity contribution in [2.45, 2.75) is 70.6 Å². The minimum Gasteiger partial charge on any atom is -0.312 e. The van der Waals surface area contributed by atoms with Crippen molar-refractivity contribution in [3.05, 3.63) is 191 Å². The van der Waals surface area contributed by atoms with Gasteiger partial charge in [-0.1, -0.05) is 145 Å². The Kier molecular flexibility index (Phi) is 6.96. The number of rotatable bonds is 4. The molecule has 7 aromatic carbocycles. The fourth-order valence-electron chi connectivity index (χ4n) is 11.6. The molecule has 0 N–H and O–H groups in total. The molecular weight excluding hydrogens is 713 g/mol. The summed E-state index contributed by atoms with van der Waals surface area (Å²) in [6.45, 7) is 14.4. The van der Waals surface area contributed by atoms with E-state index < -0.39 is 0 Å². The van der Waals surface area contributed by atoms with E-state index in [-0.39, 0.29) is 16.2 Å². The lowest BCUT2D eigenvalue weighted by atomic mass is 9.72. The van der Waals surface area contributed by atoms with Crippen molar-refractivity contribution in [1.29, 1.82) is 0 Å². The summed E-state index contributed by atoms with van der Waals surface area (Å²) in [6, 6.07) is 55.5. The van der Waals surface area contributed by atoms with Gasteiger partial charge >= 0.3 is 0 Å². The molecule has 12 rings (SSSR count). The average molecular weight is 761 g/mol. The molecule has 1 aromatic heterocycles. The Morgan fingerprint density at radius 2 is 1.07 bits per heavy atom. The van der Waals surface area contributed by atoms with Crippen LogP contribution in [-0.2, 0) is 16.2 Å². The van der Waals surface area contributed by atoms with Crippen LogP contribution in [0.3, 0.4) is 0 Å². The standard InChI is InChI=1S/C57H48N2/c1-55(2)47-21-13-11-19-41(47)43-32-37(25-28-48(43)55)58(39-24-27-42-40-18-10-12-20-46(40)56(3,4)50(42)34-39)38-26-29-52-44(33-38)45-30-36(35-16-8-7-9-17-35)31-51-54(45)59(52)53-23-15-14-22-49(53)57(51,5)6/h7-14,16-22,24-34H,15,23H2,1-6H3. The molecule has 8 aromatic rings. The topological polar surface area (TPSA) is 8.17 Å². The van der Waals surface area contributed by atoms with Crippen molar-refractivity contribution < 1.29 is 0 Å². The maximum Gasteiger partial charge on any atom is 0.0579 e. The molecule has 59 heavy (non-hydrogen) atoms. The van der Waals surface area contributed by atoms with Crippen LogP contribution < -0.4 is 4.90 Å². The average Bonchev–Trinajstić information content (AvgIpc) is 3.80. The summed E-state index contributed by atoms with van der Waals surface area (Å²) >= 11 is 0. The minimum absolute atomic E-state index is 0.0601. The lowest BCUT2D eigenvalue weighted by molar-refractivity contribution is 0.624. The van der Waals surface area contributed by atoms with E-state index in [1.807, 2.05) is 0 Å². The lowest BCUT2D eigenvalue weighted by Crippen LogP contribution is -2.27. The molecule has 4 aliphatic rings. The molecule has 286 valence electrons. The smallest absolute Gasteiger partial charge is 0.0579 e. The molecule has 0 atom stereocenters. The number of nitrogens with zero attached hydrogens (tertiary/aromatic N) is 2. The highest BCUT2D eigenvalue weighted by Crippen LogP contribution is 2.55. The van der Waals surface area contributed by atoms with Crippen LogP contribution in [0.2, 0.25) is 0 Å². The molecule has 0 unspecified atom stereocenters. The Hall–Kier alpha value is -6.38. The van der Waals surface area contributed by atoms with E-state index in [2.05, 4.69) is 209 Å². The van der Waals surface area contributed by atoms with Crippen molar-refractivity contribution in [1.82, 2.24) is 4.57 Å². The van der Waals surface area contributed by atoms with E-state index in [0.717, 1.165) is 12.8 Å². The molecule has 0 spiro atoms. The van der Waals surface area contributed by atoms with Crippen LogP contribution in [0.25, 0.3) is 60.9 Å². The van der Waals surface area contributed by atoms with Gasteiger partial charge < -0.3 is 9.47 Å². The largest absolute Gasteiger partial charge is 0.312 e. The summed E-state index contributed by atoms with van der Waals surface area (Å²) < 4.78 is 2.62. The molecule has 0 radical (unpaired) electrons. The van der Waals surface area contributed by atoms with Crippen LogP contribution in [-0.4, -0.2) is 4.57 Å². The summed E-state index contributed by atoms with van der Waals surface area (Å²) in [6.07, 6.45) is 6.89. The second-order valence-electron chi connectivity index (χ2n) is 18.9. The van der Waals surface area contributed by atoms with Crippen LogP contribution in [0.5, 0.6) is 0 Å². The van der Waals surface area contributed by atoms with Gasteiger partial charge in [0.1, 0.15) is 0 Å². The third kappa shape index (κ3) is 4.63. The summed E-state index contributed by atoms with van der Waals surface area (Å²) in [5.41, 5.74) is 23.6. The number of hydrogen-bond acceptors (Lipinski definition) is 1. The third-order valence-electron chi connectivity index (χ3n) is 14.6. The van der Waals surface area contributed by atoms with Gasteiger partial charge in [-0.15, -0.1) is 0 Å². The SMILES string of the molecule is CC1(C)C2=C(CCC=C2)n2c3ccc(N(c4ccc5c(c4)-c4ccccc4C5(C)C)c4ccc5c(c4)C(C)(C)c4ccccc4-5)cc3c3cc(-c4ccccc4)cc1c32. The Bertz CT molecular complexity index is 3180. The highest BCUT2D eigenvalue weighted by Gasteiger charge is 2.39. The van der Waals surface area contributed by atoms with E-state index in [4.69, 9.17) is 0 Å². The number of aromatic nitrogens is 1. The number of benzene rings is 7. The van der Waals surface area contributed by atoms with Gasteiger partial charge in [0.15, 0.2) is 0 Å². The first kappa shape index (κ1) is 34.6. The second kappa shape index (κ2) is 11.9. The molecule has 0 saturated heterocycles. The van der Waals surface area contributed by atoms with Gasteiger partial charge in [-0.25, -0.2) is 0 Å². The zero-order valence-electron chi connectivity index (χ0n) is 34.8. The van der Waals surface area contributed by atoms with Crippen LogP contribution in [0.15, 0.2) is 163 Å². The van der Waals surface area contributed by atoms with E-state index in [9.17, 15) is 0 Å². The number of allylic oxidation sites excluding steroid dienone is 4. The predicted molar refractivity (Wildman–Crippen MR) is 249 cm³/mol. The first-order valence-corrected chi connectivity index (χ1v) is 21.4. The van der Waals surface area contributed by atoms with Gasteiger partial charge in [-0.05, 0) is 134 Å². The molecule has 2 heteroatoms. The van der Waals surface area contributed by atoms with E-state index >= 15 is 0 Å².